The lowest BCUT2D eigenvalue weighted by atomic mass is 10.1. The van der Waals surface area contributed by atoms with Crippen molar-refractivity contribution < 1.29 is 9.90 Å². The SMILES string of the molecule is CCC(CO)NC(=O)c1ccc(CN(CC)C(C)C)cc1. The highest BCUT2D eigenvalue weighted by Crippen LogP contribution is 2.10. The van der Waals surface area contributed by atoms with Gasteiger partial charge in [-0.1, -0.05) is 26.0 Å². The third-order valence-electron chi connectivity index (χ3n) is 3.79. The van der Waals surface area contributed by atoms with Crippen LogP contribution in [0.4, 0.5) is 0 Å². The minimum atomic E-state index is -0.172. The number of carbonyl (C=O) groups is 1. The zero-order chi connectivity index (χ0) is 15.8. The van der Waals surface area contributed by atoms with E-state index in [4.69, 9.17) is 5.11 Å². The number of nitrogens with zero attached hydrogens (tertiary/aromatic N) is 1. The molecule has 1 atom stereocenters. The molecule has 0 saturated carbocycles. The molecule has 1 aromatic rings. The number of carbonyl (C=O) groups excluding carboxylic acids is 1. The number of aliphatic hydroxyl groups excluding tert-OH is 1. The predicted octanol–water partition coefficient (Wildman–Crippen LogP) is 2.42. The van der Waals surface area contributed by atoms with Gasteiger partial charge in [-0.3, -0.25) is 9.69 Å². The molecule has 1 aromatic carbocycles. The molecule has 118 valence electrons. The largest absolute Gasteiger partial charge is 0.394 e. The Morgan fingerprint density at radius 2 is 1.86 bits per heavy atom. The summed E-state index contributed by atoms with van der Waals surface area (Å²) in [6, 6.07) is 8.03. The van der Waals surface area contributed by atoms with E-state index in [1.54, 1.807) is 0 Å². The van der Waals surface area contributed by atoms with Crippen molar-refractivity contribution in [3.8, 4) is 0 Å². The zero-order valence-corrected chi connectivity index (χ0v) is 13.6. The average molecular weight is 292 g/mol. The van der Waals surface area contributed by atoms with Crippen LogP contribution in [0.15, 0.2) is 24.3 Å². The van der Waals surface area contributed by atoms with Gasteiger partial charge in [0.15, 0.2) is 0 Å². The van der Waals surface area contributed by atoms with Gasteiger partial charge in [0.05, 0.1) is 12.6 Å². The molecule has 0 bridgehead atoms. The normalized spacial score (nSPS) is 12.7. The fraction of sp³-hybridized carbons (Fsp3) is 0.588. The minimum Gasteiger partial charge on any atom is -0.394 e. The van der Waals surface area contributed by atoms with E-state index in [9.17, 15) is 4.79 Å². The predicted molar refractivity (Wildman–Crippen MR) is 86.3 cm³/mol. The Morgan fingerprint density at radius 3 is 2.29 bits per heavy atom. The van der Waals surface area contributed by atoms with E-state index in [-0.39, 0.29) is 18.6 Å². The van der Waals surface area contributed by atoms with Crippen LogP contribution in [0, 0.1) is 0 Å². The molecule has 1 unspecified atom stereocenters. The topological polar surface area (TPSA) is 52.6 Å². The first-order valence-corrected chi connectivity index (χ1v) is 7.76. The highest BCUT2D eigenvalue weighted by Gasteiger charge is 2.12. The molecule has 0 fully saturated rings. The Bertz CT molecular complexity index is 425. The third-order valence-corrected chi connectivity index (χ3v) is 3.79. The Morgan fingerprint density at radius 1 is 1.24 bits per heavy atom. The third kappa shape index (κ3) is 5.48. The molecule has 4 heteroatoms. The van der Waals surface area contributed by atoms with Gasteiger partial charge < -0.3 is 10.4 Å². The van der Waals surface area contributed by atoms with Crippen molar-refractivity contribution in [3.63, 3.8) is 0 Å². The smallest absolute Gasteiger partial charge is 0.251 e. The van der Waals surface area contributed by atoms with Gasteiger partial charge in [0.25, 0.3) is 5.91 Å². The quantitative estimate of drug-likeness (QED) is 0.773. The van der Waals surface area contributed by atoms with Crippen molar-refractivity contribution >= 4 is 5.91 Å². The van der Waals surface area contributed by atoms with Gasteiger partial charge in [-0.15, -0.1) is 0 Å². The van der Waals surface area contributed by atoms with Gasteiger partial charge in [-0.05, 0) is 44.5 Å². The Balaban J connectivity index is 2.67. The number of aliphatic hydroxyl groups is 1. The molecule has 0 spiro atoms. The number of benzene rings is 1. The minimum absolute atomic E-state index is 0.0276. The van der Waals surface area contributed by atoms with Crippen molar-refractivity contribution in [2.75, 3.05) is 13.2 Å². The molecule has 0 aliphatic heterocycles. The summed E-state index contributed by atoms with van der Waals surface area (Å²) in [5, 5.41) is 11.9. The van der Waals surface area contributed by atoms with E-state index in [1.165, 1.54) is 5.56 Å². The fourth-order valence-corrected chi connectivity index (χ4v) is 2.20. The van der Waals surface area contributed by atoms with Crippen molar-refractivity contribution in [2.24, 2.45) is 0 Å². The van der Waals surface area contributed by atoms with E-state index >= 15 is 0 Å². The summed E-state index contributed by atoms with van der Waals surface area (Å²) in [5.41, 5.74) is 1.84. The second-order valence-electron chi connectivity index (χ2n) is 5.61. The van der Waals surface area contributed by atoms with Crippen LogP contribution in [0.1, 0.15) is 50.0 Å². The van der Waals surface area contributed by atoms with Crippen LogP contribution >= 0.6 is 0 Å². The van der Waals surface area contributed by atoms with Crippen molar-refractivity contribution in [2.45, 2.75) is 52.7 Å². The maximum atomic E-state index is 12.0. The Kier molecular flexibility index (Phi) is 7.40. The molecule has 0 heterocycles. The maximum Gasteiger partial charge on any atom is 0.251 e. The first-order chi connectivity index (χ1) is 10.0. The van der Waals surface area contributed by atoms with Gasteiger partial charge in [0.2, 0.25) is 0 Å². The summed E-state index contributed by atoms with van der Waals surface area (Å²) in [7, 11) is 0. The second kappa shape index (κ2) is 8.80. The van der Waals surface area contributed by atoms with E-state index in [2.05, 4.69) is 31.0 Å². The van der Waals surface area contributed by atoms with Gasteiger partial charge in [-0.25, -0.2) is 0 Å². The lowest BCUT2D eigenvalue weighted by molar-refractivity contribution is 0.0915. The molecule has 4 nitrogen and oxygen atoms in total. The molecule has 1 rings (SSSR count). The number of hydrogen-bond donors (Lipinski definition) is 2. The number of hydrogen-bond acceptors (Lipinski definition) is 3. The molecular weight excluding hydrogens is 264 g/mol. The Hall–Kier alpha value is -1.39. The number of amides is 1. The summed E-state index contributed by atoms with van der Waals surface area (Å²) in [4.78, 5) is 14.4. The fourth-order valence-electron chi connectivity index (χ4n) is 2.20. The summed E-state index contributed by atoms with van der Waals surface area (Å²) in [6.07, 6.45) is 0.722. The van der Waals surface area contributed by atoms with Crippen LogP contribution in [0.2, 0.25) is 0 Å². The summed E-state index contributed by atoms with van der Waals surface area (Å²) in [6.45, 7) is 10.3. The molecule has 2 N–H and O–H groups in total. The second-order valence-corrected chi connectivity index (χ2v) is 5.61. The Labute approximate surface area is 128 Å². The van der Waals surface area contributed by atoms with Crippen molar-refractivity contribution in [3.05, 3.63) is 35.4 Å². The first kappa shape index (κ1) is 17.7. The first-order valence-electron chi connectivity index (χ1n) is 7.76. The van der Waals surface area contributed by atoms with E-state index in [0.717, 1.165) is 19.5 Å². The molecule has 0 aromatic heterocycles. The zero-order valence-electron chi connectivity index (χ0n) is 13.6. The van der Waals surface area contributed by atoms with Crippen LogP contribution in [-0.2, 0) is 6.54 Å². The molecule has 0 aliphatic rings. The van der Waals surface area contributed by atoms with Crippen LogP contribution in [-0.4, -0.2) is 41.1 Å². The van der Waals surface area contributed by atoms with Gasteiger partial charge in [0, 0.05) is 18.2 Å². The highest BCUT2D eigenvalue weighted by molar-refractivity contribution is 5.94. The van der Waals surface area contributed by atoms with Gasteiger partial charge in [0.1, 0.15) is 0 Å². The standard InChI is InChI=1S/C17H28N2O2/c1-5-16(12-20)18-17(21)15-9-7-14(8-10-15)11-19(6-2)13(3)4/h7-10,13,16,20H,5-6,11-12H2,1-4H3,(H,18,21). The van der Waals surface area contributed by atoms with Crippen LogP contribution in [0.5, 0.6) is 0 Å². The van der Waals surface area contributed by atoms with E-state index in [0.29, 0.717) is 11.6 Å². The number of rotatable bonds is 8. The van der Waals surface area contributed by atoms with Crippen LogP contribution in [0.25, 0.3) is 0 Å². The maximum absolute atomic E-state index is 12.0. The van der Waals surface area contributed by atoms with Crippen molar-refractivity contribution in [1.82, 2.24) is 10.2 Å². The molecule has 0 radical (unpaired) electrons. The van der Waals surface area contributed by atoms with Crippen LogP contribution < -0.4 is 5.32 Å². The average Bonchev–Trinajstić information content (AvgIpc) is 2.50. The van der Waals surface area contributed by atoms with Gasteiger partial charge >= 0.3 is 0 Å². The summed E-state index contributed by atoms with van der Waals surface area (Å²) in [5.74, 6) is -0.126. The summed E-state index contributed by atoms with van der Waals surface area (Å²) < 4.78 is 0. The highest BCUT2D eigenvalue weighted by atomic mass is 16.3. The monoisotopic (exact) mass is 292 g/mol. The molecular formula is C17H28N2O2. The van der Waals surface area contributed by atoms with Gasteiger partial charge in [-0.2, -0.15) is 0 Å². The molecule has 0 aliphatic carbocycles. The van der Waals surface area contributed by atoms with Crippen molar-refractivity contribution in [1.29, 1.82) is 0 Å². The summed E-state index contributed by atoms with van der Waals surface area (Å²) >= 11 is 0. The van der Waals surface area contributed by atoms with Crippen LogP contribution in [0.3, 0.4) is 0 Å². The van der Waals surface area contributed by atoms with E-state index in [1.807, 2.05) is 31.2 Å². The lowest BCUT2D eigenvalue weighted by Gasteiger charge is -2.24. The lowest BCUT2D eigenvalue weighted by Crippen LogP contribution is -2.36. The van der Waals surface area contributed by atoms with E-state index < -0.39 is 0 Å². The number of nitrogens with one attached hydrogen (secondary N) is 1. The molecule has 0 saturated heterocycles. The molecule has 21 heavy (non-hydrogen) atoms. The molecule has 1 amide bonds.